The van der Waals surface area contributed by atoms with Crippen molar-refractivity contribution in [1.82, 2.24) is 4.90 Å². The van der Waals surface area contributed by atoms with Crippen LogP contribution in [0.3, 0.4) is 0 Å². The van der Waals surface area contributed by atoms with Crippen molar-refractivity contribution in [3.8, 4) is 11.8 Å². The molecule has 0 spiro atoms. The van der Waals surface area contributed by atoms with Gasteiger partial charge in [-0.25, -0.2) is 4.79 Å². The van der Waals surface area contributed by atoms with E-state index in [0.29, 0.717) is 42.4 Å². The number of thiophene rings is 1. The first-order valence-corrected chi connectivity index (χ1v) is 9.88. The third-order valence-corrected chi connectivity index (χ3v) is 5.42. The average Bonchev–Trinajstić information content (AvgIpc) is 3.04. The van der Waals surface area contributed by atoms with E-state index in [-0.39, 0.29) is 25.0 Å². The van der Waals surface area contributed by atoms with Gasteiger partial charge >= 0.3 is 6.09 Å². The molecule has 0 bridgehead atoms. The van der Waals surface area contributed by atoms with E-state index in [1.54, 1.807) is 11.8 Å². The molecule has 1 N–H and O–H groups in total. The molecule has 8 heteroatoms. The molecule has 7 nitrogen and oxygen atoms in total. The molecular formula is C20H21N3O4S. The van der Waals surface area contributed by atoms with Crippen molar-refractivity contribution >= 4 is 28.3 Å². The monoisotopic (exact) mass is 399 g/mol. The predicted molar refractivity (Wildman–Crippen MR) is 105 cm³/mol. The zero-order valence-electron chi connectivity index (χ0n) is 15.6. The summed E-state index contributed by atoms with van der Waals surface area (Å²) in [6.45, 7) is 3.22. The normalized spacial score (nSPS) is 12.6. The summed E-state index contributed by atoms with van der Waals surface area (Å²) < 4.78 is 10.6. The smallest absolute Gasteiger partial charge is 0.410 e. The molecule has 2 amide bonds. The van der Waals surface area contributed by atoms with E-state index in [2.05, 4.69) is 11.4 Å². The number of amides is 2. The Kier molecular flexibility index (Phi) is 6.50. The number of fused-ring (bicyclic) bond motifs is 1. The molecule has 0 radical (unpaired) electrons. The Morgan fingerprint density at radius 1 is 1.32 bits per heavy atom. The average molecular weight is 399 g/mol. The first kappa shape index (κ1) is 19.7. The summed E-state index contributed by atoms with van der Waals surface area (Å²) in [5.41, 5.74) is 1.39. The highest BCUT2D eigenvalue weighted by Gasteiger charge is 2.28. The lowest BCUT2D eigenvalue weighted by molar-refractivity contribution is -0.116. The van der Waals surface area contributed by atoms with E-state index in [1.807, 2.05) is 30.3 Å². The van der Waals surface area contributed by atoms with Crippen LogP contribution in [0.25, 0.3) is 0 Å². The highest BCUT2D eigenvalue weighted by Crippen LogP contribution is 2.36. The Morgan fingerprint density at radius 3 is 2.82 bits per heavy atom. The first-order chi connectivity index (χ1) is 13.6. The van der Waals surface area contributed by atoms with Crippen LogP contribution in [-0.4, -0.2) is 36.7 Å². The molecule has 2 heterocycles. The van der Waals surface area contributed by atoms with Crippen LogP contribution >= 0.6 is 11.3 Å². The van der Waals surface area contributed by atoms with Gasteiger partial charge in [0.25, 0.3) is 0 Å². The number of benzene rings is 1. The zero-order valence-corrected chi connectivity index (χ0v) is 16.4. The molecule has 28 heavy (non-hydrogen) atoms. The van der Waals surface area contributed by atoms with Crippen molar-refractivity contribution < 1.29 is 19.1 Å². The van der Waals surface area contributed by atoms with Crippen LogP contribution in [0.2, 0.25) is 0 Å². The largest absolute Gasteiger partial charge is 0.493 e. The lowest BCUT2D eigenvalue weighted by atomic mass is 10.0. The number of nitrogens with zero attached hydrogens (tertiary/aromatic N) is 2. The molecule has 0 fully saturated rings. The maximum Gasteiger partial charge on any atom is 0.410 e. The van der Waals surface area contributed by atoms with Crippen molar-refractivity contribution in [1.29, 1.82) is 5.26 Å². The minimum atomic E-state index is -0.358. The van der Waals surface area contributed by atoms with Crippen molar-refractivity contribution in [2.75, 3.05) is 25.1 Å². The van der Waals surface area contributed by atoms with Gasteiger partial charge in [0.15, 0.2) is 0 Å². The second kappa shape index (κ2) is 9.24. The fourth-order valence-corrected chi connectivity index (χ4v) is 4.18. The summed E-state index contributed by atoms with van der Waals surface area (Å²) in [6.07, 6.45) is 0.390. The van der Waals surface area contributed by atoms with Crippen molar-refractivity contribution in [2.24, 2.45) is 0 Å². The van der Waals surface area contributed by atoms with Crippen molar-refractivity contribution in [2.45, 2.75) is 26.3 Å². The number of para-hydroxylation sites is 1. The number of hydrogen-bond donors (Lipinski definition) is 1. The molecule has 0 saturated heterocycles. The molecule has 0 unspecified atom stereocenters. The molecule has 0 atom stereocenters. The highest BCUT2D eigenvalue weighted by molar-refractivity contribution is 7.16. The van der Waals surface area contributed by atoms with Crippen molar-refractivity contribution in [3.63, 3.8) is 0 Å². The van der Waals surface area contributed by atoms with Gasteiger partial charge in [-0.05, 0) is 31.0 Å². The summed E-state index contributed by atoms with van der Waals surface area (Å²) in [4.78, 5) is 26.7. The van der Waals surface area contributed by atoms with Gasteiger partial charge in [0.1, 0.15) is 16.8 Å². The molecule has 2 aromatic rings. The summed E-state index contributed by atoms with van der Waals surface area (Å²) >= 11 is 1.34. The Balaban J connectivity index is 1.61. The van der Waals surface area contributed by atoms with E-state index in [9.17, 15) is 14.9 Å². The fraction of sp³-hybridized carbons (Fsp3) is 0.350. The van der Waals surface area contributed by atoms with E-state index >= 15 is 0 Å². The number of nitrogens with one attached hydrogen (secondary N) is 1. The topological polar surface area (TPSA) is 91.7 Å². The molecule has 3 rings (SSSR count). The van der Waals surface area contributed by atoms with E-state index in [4.69, 9.17) is 9.47 Å². The molecule has 1 aliphatic rings. The Hall–Kier alpha value is -3.05. The van der Waals surface area contributed by atoms with E-state index < -0.39 is 0 Å². The molecule has 1 aromatic heterocycles. The van der Waals surface area contributed by atoms with Gasteiger partial charge in [0.2, 0.25) is 5.91 Å². The second-order valence-electron chi connectivity index (χ2n) is 6.15. The molecule has 0 saturated carbocycles. The summed E-state index contributed by atoms with van der Waals surface area (Å²) in [7, 11) is 0. The fourth-order valence-electron chi connectivity index (χ4n) is 2.95. The van der Waals surface area contributed by atoms with Gasteiger partial charge in [-0.2, -0.15) is 5.26 Å². The maximum absolute atomic E-state index is 12.3. The second-order valence-corrected chi connectivity index (χ2v) is 7.26. The number of nitriles is 1. The molecule has 1 aliphatic heterocycles. The molecular weight excluding hydrogens is 378 g/mol. The van der Waals surface area contributed by atoms with Gasteiger partial charge in [0, 0.05) is 11.4 Å². The lowest BCUT2D eigenvalue weighted by Crippen LogP contribution is -2.35. The SMILES string of the molecule is CCOC(=O)N1CCc2c(sc(NC(=O)CCOc3ccccc3)c2C#N)C1. The highest BCUT2D eigenvalue weighted by atomic mass is 32.1. The van der Waals surface area contributed by atoms with Crippen molar-refractivity contribution in [3.05, 3.63) is 46.3 Å². The Bertz CT molecular complexity index is 889. The number of carbonyl (C=O) groups is 2. The Labute approximate surface area is 167 Å². The maximum atomic E-state index is 12.3. The van der Waals surface area contributed by atoms with Gasteiger partial charge in [-0.1, -0.05) is 18.2 Å². The molecule has 1 aromatic carbocycles. The van der Waals surface area contributed by atoms with Crippen LogP contribution in [-0.2, 0) is 22.5 Å². The quantitative estimate of drug-likeness (QED) is 0.802. The van der Waals surface area contributed by atoms with Crippen LogP contribution in [0.1, 0.15) is 29.3 Å². The number of rotatable bonds is 6. The Morgan fingerprint density at radius 2 is 2.11 bits per heavy atom. The number of anilines is 1. The van der Waals surface area contributed by atoms with E-state index in [0.717, 1.165) is 10.4 Å². The minimum Gasteiger partial charge on any atom is -0.493 e. The summed E-state index contributed by atoms with van der Waals surface area (Å²) in [5, 5.41) is 12.9. The number of hydrogen-bond acceptors (Lipinski definition) is 6. The molecule has 0 aliphatic carbocycles. The van der Waals surface area contributed by atoms with Gasteiger partial charge in [-0.15, -0.1) is 11.3 Å². The van der Waals surface area contributed by atoms with Gasteiger partial charge < -0.3 is 19.7 Å². The van der Waals surface area contributed by atoms with Gasteiger partial charge in [-0.3, -0.25) is 4.79 Å². The summed E-state index contributed by atoms with van der Waals surface area (Å²) in [6, 6.07) is 11.5. The third-order valence-electron chi connectivity index (χ3n) is 4.29. The third kappa shape index (κ3) is 4.61. The standard InChI is InChI=1S/C20H21N3O4S/c1-2-26-20(25)23-10-8-15-16(12-21)19(28-17(15)13-23)22-18(24)9-11-27-14-6-4-3-5-7-14/h3-7H,2,8-11,13H2,1H3,(H,22,24). The van der Waals surface area contributed by atoms with Crippen LogP contribution in [0, 0.1) is 11.3 Å². The van der Waals surface area contributed by atoms with Crippen LogP contribution < -0.4 is 10.1 Å². The van der Waals surface area contributed by atoms with Crippen LogP contribution in [0.15, 0.2) is 30.3 Å². The number of ether oxygens (including phenoxy) is 2. The van der Waals surface area contributed by atoms with E-state index in [1.165, 1.54) is 11.3 Å². The predicted octanol–water partition coefficient (Wildman–Crippen LogP) is 3.54. The number of carbonyl (C=O) groups excluding carboxylic acids is 2. The zero-order chi connectivity index (χ0) is 19.9. The molecule has 146 valence electrons. The minimum absolute atomic E-state index is 0.178. The first-order valence-electron chi connectivity index (χ1n) is 9.06. The van der Waals surface area contributed by atoms with Crippen LogP contribution in [0.5, 0.6) is 5.75 Å². The lowest BCUT2D eigenvalue weighted by Gasteiger charge is -2.25. The van der Waals surface area contributed by atoms with Gasteiger partial charge in [0.05, 0.1) is 31.7 Å². The van der Waals surface area contributed by atoms with Crippen LogP contribution in [0.4, 0.5) is 9.80 Å². The summed E-state index contributed by atoms with van der Waals surface area (Å²) in [5.74, 6) is 0.493.